The van der Waals surface area contributed by atoms with Crippen molar-refractivity contribution in [2.45, 2.75) is 27.7 Å². The van der Waals surface area contributed by atoms with Crippen LogP contribution in [0.4, 0.5) is 68.2 Å². The molecule has 4 nitrogen and oxygen atoms in total. The molecule has 0 aliphatic heterocycles. The normalized spacial score (nSPS) is 12.0. The Balaban J connectivity index is 0.000000137. The number of para-hydroxylation sites is 2. The maximum atomic E-state index is 2.50. The molecule has 0 aliphatic rings. The molecule has 548 valence electrons. The molecule has 0 unspecified atom stereocenters. The van der Waals surface area contributed by atoms with Crippen molar-refractivity contribution in [3.8, 4) is 0 Å². The van der Waals surface area contributed by atoms with E-state index in [4.69, 9.17) is 0 Å². The Hall–Kier alpha value is -13.4. The number of hydrogen-bond donors (Lipinski definition) is 0. The number of hydrogen-bond acceptors (Lipinski definition) is 8. The van der Waals surface area contributed by atoms with Gasteiger partial charge < -0.3 is 19.6 Å². The second-order valence-corrected chi connectivity index (χ2v) is 35.0. The Labute approximate surface area is 687 Å². The average Bonchev–Trinajstić information content (AvgIpc) is 0.915. The Morgan fingerprint density at radius 2 is 0.440 bits per heavy atom. The van der Waals surface area contributed by atoms with Crippen LogP contribution in [0.25, 0.3) is 145 Å². The van der Waals surface area contributed by atoms with E-state index in [1.165, 1.54) is 213 Å². The fourth-order valence-corrected chi connectivity index (χ4v) is 23.6. The van der Waals surface area contributed by atoms with Crippen molar-refractivity contribution in [3.05, 3.63) is 386 Å². The third kappa shape index (κ3) is 10.7. The van der Waals surface area contributed by atoms with Gasteiger partial charge in [0, 0.05) is 106 Å². The molecule has 0 spiro atoms. The van der Waals surface area contributed by atoms with Gasteiger partial charge in [-0.25, -0.2) is 0 Å². The van der Waals surface area contributed by atoms with Gasteiger partial charge in [0.25, 0.3) is 0 Å². The number of fused-ring (bicyclic) bond motifs is 12. The predicted octanol–water partition coefficient (Wildman–Crippen LogP) is 33.8. The molecule has 24 rings (SSSR count). The number of anilines is 12. The van der Waals surface area contributed by atoms with Crippen LogP contribution in [0, 0.1) is 27.7 Å². The molecule has 0 atom stereocenters. The average molecular weight is 1550 g/mol. The van der Waals surface area contributed by atoms with Crippen LogP contribution in [0.15, 0.2) is 364 Å². The van der Waals surface area contributed by atoms with Gasteiger partial charge in [0.05, 0.1) is 64.3 Å². The van der Waals surface area contributed by atoms with E-state index >= 15 is 0 Å². The van der Waals surface area contributed by atoms with Gasteiger partial charge in [-0.2, -0.15) is 0 Å². The monoisotopic (exact) mass is 1550 g/mol. The summed E-state index contributed by atoms with van der Waals surface area (Å²) < 4.78 is 10.4. The summed E-state index contributed by atoms with van der Waals surface area (Å²) in [6.45, 7) is 8.94. The van der Waals surface area contributed by atoms with E-state index in [0.29, 0.717) is 0 Å². The van der Waals surface area contributed by atoms with Gasteiger partial charge in [-0.1, -0.05) is 243 Å². The second-order valence-electron chi connectivity index (χ2n) is 30.8. The number of benzene rings is 20. The first-order valence-electron chi connectivity index (χ1n) is 39.7. The zero-order chi connectivity index (χ0) is 77.0. The predicted molar refractivity (Wildman–Crippen MR) is 510 cm³/mol. The van der Waals surface area contributed by atoms with Gasteiger partial charge in [0.1, 0.15) is 0 Å². The van der Waals surface area contributed by atoms with Gasteiger partial charge in [0.15, 0.2) is 0 Å². The third-order valence-corrected chi connectivity index (χ3v) is 28.7. The number of nitrogens with zero attached hydrogens (tertiary/aromatic N) is 4. The zero-order valence-corrected chi connectivity index (χ0v) is 67.3. The van der Waals surface area contributed by atoms with E-state index in [1.54, 1.807) is 0 Å². The lowest BCUT2D eigenvalue weighted by atomic mass is 9.88. The van der Waals surface area contributed by atoms with Crippen LogP contribution in [0.2, 0.25) is 0 Å². The maximum absolute atomic E-state index is 2.50. The first kappa shape index (κ1) is 68.2. The van der Waals surface area contributed by atoms with Crippen LogP contribution in [-0.2, 0) is 0 Å². The minimum atomic E-state index is 1.14. The van der Waals surface area contributed by atoms with Crippen molar-refractivity contribution in [1.82, 2.24) is 0 Å². The van der Waals surface area contributed by atoms with Crippen molar-refractivity contribution < 1.29 is 0 Å². The molecule has 0 amide bonds. The lowest BCUT2D eigenvalue weighted by Gasteiger charge is -2.30. The molecule has 0 radical (unpaired) electrons. The summed E-state index contributed by atoms with van der Waals surface area (Å²) in [4.78, 5) is 10.0. The third-order valence-electron chi connectivity index (χ3n) is 23.9. The molecule has 8 heteroatoms. The molecule has 4 heterocycles. The van der Waals surface area contributed by atoms with Crippen molar-refractivity contribution in [2.75, 3.05) is 19.6 Å². The lowest BCUT2D eigenvalue weighted by molar-refractivity contribution is 1.30. The SMILES string of the molecule is Cc1cc(N(c2ccccc2)c2cccc3c2sc2ccccc23)c2ccc3c(C)cc(N(c4ccccc4)c4cccc5c4sc4ccccc45)c4ccc1c2c34.Cc1cccc(N(c2ccc3ccc4c(N(c5cccc(C)c5)c5cccc6c5sc5ccccc56)ccc5ccc2c3c54)c2cccc3c2sc2ccccc23)c1. The van der Waals surface area contributed by atoms with Crippen molar-refractivity contribution in [2.24, 2.45) is 0 Å². The molecule has 0 fully saturated rings. The minimum absolute atomic E-state index is 1.14. The van der Waals surface area contributed by atoms with Crippen LogP contribution in [0.1, 0.15) is 22.3 Å². The Morgan fingerprint density at radius 3 is 0.784 bits per heavy atom. The molecule has 20 aromatic carbocycles. The van der Waals surface area contributed by atoms with Crippen molar-refractivity contribution in [3.63, 3.8) is 0 Å². The molecule has 0 saturated carbocycles. The summed E-state index contributed by atoms with van der Waals surface area (Å²) in [5.74, 6) is 0. The first-order valence-corrected chi connectivity index (χ1v) is 43.0. The highest BCUT2D eigenvalue weighted by atomic mass is 32.1. The Morgan fingerprint density at radius 1 is 0.172 bits per heavy atom. The fourth-order valence-electron chi connectivity index (χ4n) is 18.8. The fraction of sp³-hybridized carbons (Fsp3) is 0.0370. The van der Waals surface area contributed by atoms with Crippen LogP contribution in [0.3, 0.4) is 0 Å². The van der Waals surface area contributed by atoms with Crippen LogP contribution >= 0.6 is 45.3 Å². The van der Waals surface area contributed by atoms with Gasteiger partial charge in [-0.3, -0.25) is 0 Å². The summed E-state index contributed by atoms with van der Waals surface area (Å²) in [7, 11) is 0. The van der Waals surface area contributed by atoms with E-state index in [1.807, 2.05) is 45.3 Å². The van der Waals surface area contributed by atoms with Gasteiger partial charge >= 0.3 is 0 Å². The summed E-state index contributed by atoms with van der Waals surface area (Å²) in [6.07, 6.45) is 0. The number of aryl methyl sites for hydroxylation is 4. The smallest absolute Gasteiger partial charge is 0.0640 e. The van der Waals surface area contributed by atoms with Crippen LogP contribution < -0.4 is 19.6 Å². The Kier molecular flexibility index (Phi) is 15.9. The molecule has 0 saturated heterocycles. The van der Waals surface area contributed by atoms with E-state index < -0.39 is 0 Å². The standard InChI is InChI=1S/2C54H36N2S2/c1-33-11-7-13-37(31-33)55(47-19-9-17-41-39-15-3-5-21-49(39)57-53(41)47)45-29-25-35-24-28-44-46(30-26-36-23-27-43(45)51(35)52(36)44)56(38-14-8-12-34(2)32-38)48-20-10-18-42-40-16-4-6-22-50(40)58-54(42)48;1-33-31-47(55(35-15-5-3-6-16-35)45-23-13-21-41-39-19-9-11-25-49(39)57-53(41)45)43-30-28-38-34(2)32-48(44-29-27-37(33)51(43)52(38)44)56(36-17-7-4-8-18-36)46-24-14-22-42-40-20-10-12-26-50(40)58-54(42)46/h2*3-32H,1-2H3. The van der Waals surface area contributed by atoms with E-state index in [-0.39, 0.29) is 0 Å². The minimum Gasteiger partial charge on any atom is -0.308 e. The molecular weight excluding hydrogens is 1480 g/mol. The van der Waals surface area contributed by atoms with E-state index in [0.717, 1.165) is 22.7 Å². The summed E-state index contributed by atoms with van der Waals surface area (Å²) in [6, 6.07) is 135. The molecule has 24 aromatic rings. The largest absolute Gasteiger partial charge is 0.308 e. The summed E-state index contributed by atoms with van der Waals surface area (Å²) >= 11 is 7.53. The lowest BCUT2D eigenvalue weighted by Crippen LogP contribution is -2.12. The molecule has 116 heavy (non-hydrogen) atoms. The molecule has 0 aliphatic carbocycles. The first-order chi connectivity index (χ1) is 57.2. The number of rotatable bonds is 12. The van der Waals surface area contributed by atoms with E-state index in [2.05, 4.69) is 411 Å². The highest BCUT2D eigenvalue weighted by Gasteiger charge is 2.29. The molecule has 0 bridgehead atoms. The topological polar surface area (TPSA) is 13.0 Å². The summed E-state index contributed by atoms with van der Waals surface area (Å²) in [5.41, 5.74) is 19.1. The maximum Gasteiger partial charge on any atom is 0.0640 e. The van der Waals surface area contributed by atoms with Gasteiger partial charge in [-0.15, -0.1) is 45.3 Å². The van der Waals surface area contributed by atoms with Crippen molar-refractivity contribution in [1.29, 1.82) is 0 Å². The van der Waals surface area contributed by atoms with E-state index in [9.17, 15) is 0 Å². The van der Waals surface area contributed by atoms with Gasteiger partial charge in [0.2, 0.25) is 0 Å². The molecular formula is C108H72N4S4. The second kappa shape index (κ2) is 27.1. The van der Waals surface area contributed by atoms with Crippen LogP contribution in [-0.4, -0.2) is 0 Å². The molecule has 4 aromatic heterocycles. The highest BCUT2D eigenvalue weighted by molar-refractivity contribution is 7.27. The van der Waals surface area contributed by atoms with Gasteiger partial charge in [-0.05, 0) is 214 Å². The highest BCUT2D eigenvalue weighted by Crippen LogP contribution is 2.56. The summed E-state index contributed by atoms with van der Waals surface area (Å²) in [5, 5.41) is 25.6. The quantitative estimate of drug-likeness (QED) is 0.113. The van der Waals surface area contributed by atoms with Crippen molar-refractivity contribution >= 4 is 259 Å². The Bertz CT molecular complexity index is 7590. The van der Waals surface area contributed by atoms with Crippen LogP contribution in [0.5, 0.6) is 0 Å². The molecule has 0 N–H and O–H groups in total. The zero-order valence-electron chi connectivity index (χ0n) is 64.1. The number of thiophene rings is 4.